The molecule has 0 saturated heterocycles. The molecule has 1 amide bonds. The van der Waals surface area contributed by atoms with Gasteiger partial charge in [-0.1, -0.05) is 13.8 Å². The highest BCUT2D eigenvalue weighted by atomic mass is 16.5. The Morgan fingerprint density at radius 2 is 1.75 bits per heavy atom. The number of carbonyl (C=O) groups is 1. The number of ether oxygens (including phenoxy) is 2. The van der Waals surface area contributed by atoms with E-state index in [9.17, 15) is 4.79 Å². The largest absolute Gasteiger partial charge is 0.497 e. The molecule has 5 heteroatoms. The zero-order valence-corrected chi connectivity index (χ0v) is 12.5. The van der Waals surface area contributed by atoms with E-state index in [-0.39, 0.29) is 17.9 Å². The van der Waals surface area contributed by atoms with Crippen LogP contribution in [0.2, 0.25) is 0 Å². The first kappa shape index (κ1) is 16.3. The van der Waals surface area contributed by atoms with Crippen molar-refractivity contribution < 1.29 is 19.4 Å². The smallest absolute Gasteiger partial charge is 0.251 e. The minimum absolute atomic E-state index is 0.107. The maximum absolute atomic E-state index is 12.1. The number of aliphatic hydroxyl groups excluding tert-OH is 1. The molecular formula is C15H23NO4. The summed E-state index contributed by atoms with van der Waals surface area (Å²) in [6.45, 7) is 4.59. The third kappa shape index (κ3) is 4.74. The average molecular weight is 281 g/mol. The summed E-state index contributed by atoms with van der Waals surface area (Å²) in [4.78, 5) is 12.1. The van der Waals surface area contributed by atoms with Crippen LogP contribution in [0.5, 0.6) is 11.5 Å². The highest BCUT2D eigenvalue weighted by molar-refractivity contribution is 5.95. The van der Waals surface area contributed by atoms with Crippen LogP contribution in [0.4, 0.5) is 0 Å². The van der Waals surface area contributed by atoms with Crippen molar-refractivity contribution in [1.29, 1.82) is 0 Å². The molecule has 2 N–H and O–H groups in total. The number of benzene rings is 1. The zero-order chi connectivity index (χ0) is 15.2. The number of nitrogens with one attached hydrogen (secondary N) is 1. The summed E-state index contributed by atoms with van der Waals surface area (Å²) < 4.78 is 10.3. The average Bonchev–Trinajstić information content (AvgIpc) is 2.44. The summed E-state index contributed by atoms with van der Waals surface area (Å²) in [5.41, 5.74) is 0.342. The van der Waals surface area contributed by atoms with Crippen molar-refractivity contribution in [3.05, 3.63) is 23.8 Å². The van der Waals surface area contributed by atoms with Crippen LogP contribution >= 0.6 is 0 Å². The van der Waals surface area contributed by atoms with E-state index in [2.05, 4.69) is 5.32 Å². The Labute approximate surface area is 119 Å². The number of amides is 1. The van der Waals surface area contributed by atoms with Crippen molar-refractivity contribution in [3.63, 3.8) is 0 Å². The van der Waals surface area contributed by atoms with Gasteiger partial charge >= 0.3 is 0 Å². The van der Waals surface area contributed by atoms with Crippen molar-refractivity contribution in [1.82, 2.24) is 5.32 Å². The molecule has 0 aliphatic carbocycles. The fourth-order valence-corrected chi connectivity index (χ4v) is 1.75. The van der Waals surface area contributed by atoms with Gasteiger partial charge in [-0.05, 0) is 24.0 Å². The van der Waals surface area contributed by atoms with Crippen LogP contribution in [-0.4, -0.2) is 38.4 Å². The Kier molecular flexibility index (Phi) is 5.82. The molecular weight excluding hydrogens is 258 g/mol. The van der Waals surface area contributed by atoms with Crippen LogP contribution in [0.25, 0.3) is 0 Å². The predicted octanol–water partition coefficient (Wildman–Crippen LogP) is 1.84. The second-order valence-corrected chi connectivity index (χ2v) is 5.42. The maximum Gasteiger partial charge on any atom is 0.251 e. The molecule has 20 heavy (non-hydrogen) atoms. The molecule has 0 bridgehead atoms. The van der Waals surface area contributed by atoms with Crippen molar-refractivity contribution in [2.75, 3.05) is 27.4 Å². The second-order valence-electron chi connectivity index (χ2n) is 5.42. The van der Waals surface area contributed by atoms with Crippen molar-refractivity contribution in [2.45, 2.75) is 20.3 Å². The van der Waals surface area contributed by atoms with Crippen LogP contribution in [-0.2, 0) is 0 Å². The van der Waals surface area contributed by atoms with Crippen LogP contribution in [0.15, 0.2) is 18.2 Å². The Hall–Kier alpha value is -1.75. The third-order valence-electron chi connectivity index (χ3n) is 3.13. The van der Waals surface area contributed by atoms with Gasteiger partial charge in [-0.3, -0.25) is 4.79 Å². The molecule has 0 aliphatic heterocycles. The summed E-state index contributed by atoms with van der Waals surface area (Å²) in [5, 5.41) is 11.8. The summed E-state index contributed by atoms with van der Waals surface area (Å²) in [6.07, 6.45) is 0.634. The SMILES string of the molecule is COc1cc(OC)cc(C(=O)NCC(C)(C)CCO)c1. The molecule has 0 aromatic heterocycles. The van der Waals surface area contributed by atoms with E-state index in [0.29, 0.717) is 30.0 Å². The third-order valence-corrected chi connectivity index (χ3v) is 3.13. The molecule has 112 valence electrons. The van der Waals surface area contributed by atoms with Gasteiger partial charge in [0.25, 0.3) is 5.91 Å². The zero-order valence-electron chi connectivity index (χ0n) is 12.5. The van der Waals surface area contributed by atoms with E-state index in [1.54, 1.807) is 32.4 Å². The van der Waals surface area contributed by atoms with Gasteiger partial charge in [0.2, 0.25) is 0 Å². The van der Waals surface area contributed by atoms with Crippen molar-refractivity contribution >= 4 is 5.91 Å². The second kappa shape index (κ2) is 7.14. The van der Waals surface area contributed by atoms with Gasteiger partial charge in [0.1, 0.15) is 11.5 Å². The lowest BCUT2D eigenvalue weighted by Crippen LogP contribution is -2.34. The molecule has 0 unspecified atom stereocenters. The lowest BCUT2D eigenvalue weighted by molar-refractivity contribution is 0.0927. The number of aliphatic hydroxyl groups is 1. The van der Waals surface area contributed by atoms with Crippen LogP contribution in [0.3, 0.4) is 0 Å². The van der Waals surface area contributed by atoms with Gasteiger partial charge in [-0.25, -0.2) is 0 Å². The van der Waals surface area contributed by atoms with Gasteiger partial charge in [0.05, 0.1) is 14.2 Å². The first-order chi connectivity index (χ1) is 9.41. The predicted molar refractivity (Wildman–Crippen MR) is 77.4 cm³/mol. The maximum atomic E-state index is 12.1. The molecule has 0 atom stereocenters. The lowest BCUT2D eigenvalue weighted by atomic mass is 9.89. The van der Waals surface area contributed by atoms with Crippen LogP contribution < -0.4 is 14.8 Å². The lowest BCUT2D eigenvalue weighted by Gasteiger charge is -2.23. The van der Waals surface area contributed by atoms with Crippen LogP contribution in [0.1, 0.15) is 30.6 Å². The molecule has 1 rings (SSSR count). The number of methoxy groups -OCH3 is 2. The number of hydrogen-bond donors (Lipinski definition) is 2. The molecule has 1 aromatic carbocycles. The van der Waals surface area contributed by atoms with Crippen LogP contribution in [0, 0.1) is 5.41 Å². The molecule has 0 fully saturated rings. The van der Waals surface area contributed by atoms with E-state index >= 15 is 0 Å². The van der Waals surface area contributed by atoms with Gasteiger partial charge < -0.3 is 19.9 Å². The fraction of sp³-hybridized carbons (Fsp3) is 0.533. The van der Waals surface area contributed by atoms with E-state index in [4.69, 9.17) is 14.6 Å². The van der Waals surface area contributed by atoms with Gasteiger partial charge in [0.15, 0.2) is 0 Å². The van der Waals surface area contributed by atoms with Crippen molar-refractivity contribution in [2.24, 2.45) is 5.41 Å². The highest BCUT2D eigenvalue weighted by Crippen LogP contribution is 2.23. The Bertz CT molecular complexity index is 435. The van der Waals surface area contributed by atoms with E-state index < -0.39 is 0 Å². The van der Waals surface area contributed by atoms with Gasteiger partial charge in [-0.15, -0.1) is 0 Å². The monoisotopic (exact) mass is 281 g/mol. The Morgan fingerprint density at radius 1 is 1.20 bits per heavy atom. The molecule has 0 radical (unpaired) electrons. The first-order valence-corrected chi connectivity index (χ1v) is 6.54. The molecule has 0 heterocycles. The van der Waals surface area contributed by atoms with Gasteiger partial charge in [-0.2, -0.15) is 0 Å². The summed E-state index contributed by atoms with van der Waals surface area (Å²) in [7, 11) is 3.08. The Balaban J connectivity index is 2.77. The number of hydrogen-bond acceptors (Lipinski definition) is 4. The molecule has 5 nitrogen and oxygen atoms in total. The summed E-state index contributed by atoms with van der Waals surface area (Å²) in [6, 6.07) is 5.04. The number of rotatable bonds is 7. The topological polar surface area (TPSA) is 67.8 Å². The quantitative estimate of drug-likeness (QED) is 0.800. The van der Waals surface area contributed by atoms with E-state index in [1.165, 1.54) is 0 Å². The normalized spacial score (nSPS) is 11.1. The van der Waals surface area contributed by atoms with Crippen molar-refractivity contribution in [3.8, 4) is 11.5 Å². The summed E-state index contributed by atoms with van der Waals surface area (Å²) >= 11 is 0. The fourth-order valence-electron chi connectivity index (χ4n) is 1.75. The molecule has 0 spiro atoms. The Morgan fingerprint density at radius 3 is 2.20 bits per heavy atom. The first-order valence-electron chi connectivity index (χ1n) is 6.54. The number of carbonyl (C=O) groups excluding carboxylic acids is 1. The molecule has 0 saturated carbocycles. The van der Waals surface area contributed by atoms with E-state index in [1.807, 2.05) is 13.8 Å². The highest BCUT2D eigenvalue weighted by Gasteiger charge is 2.19. The minimum Gasteiger partial charge on any atom is -0.497 e. The standard InChI is InChI=1S/C15H23NO4/c1-15(2,5-6-17)10-16-14(18)11-7-12(19-3)9-13(8-11)20-4/h7-9,17H,5-6,10H2,1-4H3,(H,16,18). The van der Waals surface area contributed by atoms with Gasteiger partial charge in [0, 0.05) is 24.8 Å². The molecule has 0 aliphatic rings. The van der Waals surface area contributed by atoms with E-state index in [0.717, 1.165) is 0 Å². The molecule has 1 aromatic rings. The summed E-state index contributed by atoms with van der Waals surface area (Å²) in [5.74, 6) is 0.960. The minimum atomic E-state index is -0.187.